The molecular formula is C30H42N6S. The zero-order chi connectivity index (χ0) is 24.9. The van der Waals surface area contributed by atoms with Crippen molar-refractivity contribution < 1.29 is 0 Å². The van der Waals surface area contributed by atoms with Crippen LogP contribution in [0.25, 0.3) is 0 Å². The van der Waals surface area contributed by atoms with E-state index in [1.165, 1.54) is 88.7 Å². The van der Waals surface area contributed by atoms with E-state index >= 15 is 0 Å². The van der Waals surface area contributed by atoms with Gasteiger partial charge in [-0.25, -0.2) is 9.97 Å². The first-order valence-corrected chi connectivity index (χ1v) is 15.2. The molecule has 198 valence electrons. The van der Waals surface area contributed by atoms with Gasteiger partial charge in [0, 0.05) is 49.6 Å². The van der Waals surface area contributed by atoms with Crippen molar-refractivity contribution >= 4 is 11.3 Å². The smallest absolute Gasteiger partial charge is 0.120 e. The first-order chi connectivity index (χ1) is 18.2. The molecule has 37 heavy (non-hydrogen) atoms. The summed E-state index contributed by atoms with van der Waals surface area (Å²) in [5.74, 6) is 1.00. The number of hydrogen-bond donors (Lipinski definition) is 1. The summed E-state index contributed by atoms with van der Waals surface area (Å²) in [6.07, 6.45) is 17.1. The van der Waals surface area contributed by atoms with E-state index in [9.17, 15) is 0 Å². The summed E-state index contributed by atoms with van der Waals surface area (Å²) in [5, 5.41) is 3.20. The molecular weight excluding hydrogens is 476 g/mol. The number of piperidine rings is 1. The minimum Gasteiger partial charge on any atom is -0.348 e. The van der Waals surface area contributed by atoms with E-state index in [0.717, 1.165) is 43.1 Å². The molecule has 2 aliphatic heterocycles. The molecule has 1 N–H and O–H groups in total. The highest BCUT2D eigenvalue weighted by Gasteiger charge is 2.41. The van der Waals surface area contributed by atoms with Crippen molar-refractivity contribution in [3.63, 3.8) is 0 Å². The number of thiazole rings is 1. The van der Waals surface area contributed by atoms with Gasteiger partial charge in [0.2, 0.25) is 0 Å². The zero-order valence-corrected chi connectivity index (χ0v) is 23.0. The average Bonchev–Trinajstić information content (AvgIpc) is 3.71. The Kier molecular flexibility index (Phi) is 8.02. The first kappa shape index (κ1) is 25.2. The summed E-state index contributed by atoms with van der Waals surface area (Å²) in [6.45, 7) is 8.84. The third kappa shape index (κ3) is 6.51. The minimum atomic E-state index is 0.577. The maximum atomic E-state index is 4.50. The fourth-order valence-corrected chi connectivity index (χ4v) is 7.59. The summed E-state index contributed by atoms with van der Waals surface area (Å²) in [5.41, 5.74) is 3.37. The van der Waals surface area contributed by atoms with E-state index < -0.39 is 0 Å². The van der Waals surface area contributed by atoms with Crippen LogP contribution in [0.3, 0.4) is 0 Å². The number of imidazole rings is 1. The molecule has 7 heteroatoms. The molecule has 2 saturated heterocycles. The number of likely N-dealkylation sites (tertiary alicyclic amines) is 2. The maximum Gasteiger partial charge on any atom is 0.120 e. The quantitative estimate of drug-likeness (QED) is 0.394. The van der Waals surface area contributed by atoms with Crippen molar-refractivity contribution in [2.75, 3.05) is 26.2 Å². The number of benzene rings is 1. The lowest BCUT2D eigenvalue weighted by atomic mass is 9.77. The number of aromatic nitrogens is 3. The SMILES string of the molecule is c1c[nH]c(CN(Cc2ccc(CN3CCC4(CCN(C5CCCCC5)CC4)C3)cc2)Cc2nccs2)n1. The highest BCUT2D eigenvalue weighted by Crippen LogP contribution is 2.42. The molecule has 4 heterocycles. The number of rotatable bonds is 9. The first-order valence-electron chi connectivity index (χ1n) is 14.4. The Hall–Kier alpha value is -2.06. The summed E-state index contributed by atoms with van der Waals surface area (Å²) >= 11 is 1.72. The molecule has 6 rings (SSSR count). The van der Waals surface area contributed by atoms with Crippen LogP contribution in [0.4, 0.5) is 0 Å². The van der Waals surface area contributed by atoms with Crippen LogP contribution in [0, 0.1) is 5.41 Å². The number of hydrogen-bond acceptors (Lipinski definition) is 6. The van der Waals surface area contributed by atoms with Gasteiger partial charge in [0.25, 0.3) is 0 Å². The summed E-state index contributed by atoms with van der Waals surface area (Å²) in [6, 6.07) is 10.2. The molecule has 0 atom stereocenters. The third-order valence-electron chi connectivity index (χ3n) is 9.07. The molecule has 2 aromatic heterocycles. The lowest BCUT2D eigenvalue weighted by Crippen LogP contribution is -2.46. The molecule has 3 aromatic rings. The van der Waals surface area contributed by atoms with Crippen LogP contribution in [-0.4, -0.2) is 61.9 Å². The molecule has 0 radical (unpaired) electrons. The molecule has 6 nitrogen and oxygen atoms in total. The second-order valence-corrected chi connectivity index (χ2v) is 12.7. The van der Waals surface area contributed by atoms with E-state index in [1.54, 1.807) is 11.3 Å². The molecule has 1 aromatic carbocycles. The lowest BCUT2D eigenvalue weighted by Gasteiger charge is -2.43. The van der Waals surface area contributed by atoms with Gasteiger partial charge in [-0.05, 0) is 68.3 Å². The predicted octanol–water partition coefficient (Wildman–Crippen LogP) is 5.69. The Morgan fingerprint density at radius 3 is 2.41 bits per heavy atom. The average molecular weight is 519 g/mol. The van der Waals surface area contributed by atoms with E-state index in [0.29, 0.717) is 5.41 Å². The second kappa shape index (κ2) is 11.8. The van der Waals surface area contributed by atoms with Crippen molar-refractivity contribution in [2.45, 2.75) is 83.6 Å². The highest BCUT2D eigenvalue weighted by atomic mass is 32.1. The van der Waals surface area contributed by atoms with Crippen molar-refractivity contribution in [3.8, 4) is 0 Å². The number of nitrogens with zero attached hydrogens (tertiary/aromatic N) is 5. The van der Waals surface area contributed by atoms with Crippen LogP contribution in [0.2, 0.25) is 0 Å². The second-order valence-electron chi connectivity index (χ2n) is 11.7. The zero-order valence-electron chi connectivity index (χ0n) is 22.2. The monoisotopic (exact) mass is 518 g/mol. The Morgan fingerprint density at radius 1 is 0.892 bits per heavy atom. The molecule has 3 aliphatic rings. The predicted molar refractivity (Wildman–Crippen MR) is 150 cm³/mol. The number of nitrogens with one attached hydrogen (secondary N) is 1. The Balaban J connectivity index is 1.01. The molecule has 3 fully saturated rings. The van der Waals surface area contributed by atoms with E-state index in [4.69, 9.17) is 0 Å². The Labute approximate surface area is 226 Å². The van der Waals surface area contributed by atoms with Gasteiger partial charge in [-0.2, -0.15) is 0 Å². The summed E-state index contributed by atoms with van der Waals surface area (Å²) in [4.78, 5) is 20.2. The topological polar surface area (TPSA) is 51.3 Å². The Morgan fingerprint density at radius 2 is 1.68 bits per heavy atom. The fourth-order valence-electron chi connectivity index (χ4n) is 6.93. The maximum absolute atomic E-state index is 4.50. The van der Waals surface area contributed by atoms with Gasteiger partial charge in [-0.1, -0.05) is 43.5 Å². The van der Waals surface area contributed by atoms with Crippen molar-refractivity contribution in [1.29, 1.82) is 0 Å². The molecule has 1 saturated carbocycles. The van der Waals surface area contributed by atoms with Gasteiger partial charge >= 0.3 is 0 Å². The van der Waals surface area contributed by atoms with Gasteiger partial charge in [-0.15, -0.1) is 11.3 Å². The van der Waals surface area contributed by atoms with Crippen LogP contribution in [-0.2, 0) is 26.2 Å². The van der Waals surface area contributed by atoms with Gasteiger partial charge in [0.15, 0.2) is 0 Å². The summed E-state index contributed by atoms with van der Waals surface area (Å²) < 4.78 is 0. The van der Waals surface area contributed by atoms with Crippen LogP contribution >= 0.6 is 11.3 Å². The third-order valence-corrected chi connectivity index (χ3v) is 9.84. The lowest BCUT2D eigenvalue weighted by molar-refractivity contribution is 0.0615. The molecule has 0 amide bonds. The van der Waals surface area contributed by atoms with Crippen LogP contribution in [0.5, 0.6) is 0 Å². The molecule has 1 spiro atoms. The van der Waals surface area contributed by atoms with Crippen molar-refractivity contribution in [3.05, 3.63) is 70.2 Å². The molecule has 1 aliphatic carbocycles. The standard InChI is InChI=1S/C30H42N6S/c1-2-4-27(5-3-1)36-17-11-30(12-18-36)10-16-34(24-30)20-25-6-8-26(9-7-25)21-35(22-28-31-13-14-32-28)23-29-33-15-19-37-29/h6-9,13-15,19,27H,1-5,10-12,16-18,20-24H2,(H,31,32). The van der Waals surface area contributed by atoms with Crippen molar-refractivity contribution in [2.24, 2.45) is 5.41 Å². The molecule has 0 unspecified atom stereocenters. The van der Waals surface area contributed by atoms with Gasteiger partial charge in [-0.3, -0.25) is 9.80 Å². The molecule has 0 bridgehead atoms. The normalized spacial score (nSPS) is 21.3. The van der Waals surface area contributed by atoms with E-state index in [2.05, 4.69) is 59.3 Å². The van der Waals surface area contributed by atoms with Crippen LogP contribution in [0.1, 0.15) is 73.3 Å². The van der Waals surface area contributed by atoms with Crippen molar-refractivity contribution in [1.82, 2.24) is 29.7 Å². The van der Waals surface area contributed by atoms with E-state index in [1.807, 2.05) is 18.6 Å². The minimum absolute atomic E-state index is 0.577. The Bertz CT molecular complexity index is 1030. The summed E-state index contributed by atoms with van der Waals surface area (Å²) in [7, 11) is 0. The fraction of sp³-hybridized carbons (Fsp3) is 0.600. The number of aromatic amines is 1. The number of H-pyrrole nitrogens is 1. The van der Waals surface area contributed by atoms with Crippen LogP contribution < -0.4 is 0 Å². The largest absolute Gasteiger partial charge is 0.348 e. The van der Waals surface area contributed by atoms with Gasteiger partial charge in [0.05, 0.1) is 13.1 Å². The van der Waals surface area contributed by atoms with E-state index in [-0.39, 0.29) is 0 Å². The van der Waals surface area contributed by atoms with Gasteiger partial charge < -0.3 is 9.88 Å². The highest BCUT2D eigenvalue weighted by molar-refractivity contribution is 7.09. The van der Waals surface area contributed by atoms with Crippen LogP contribution in [0.15, 0.2) is 48.2 Å². The van der Waals surface area contributed by atoms with Gasteiger partial charge in [0.1, 0.15) is 10.8 Å².